The first kappa shape index (κ1) is 14.9. The summed E-state index contributed by atoms with van der Waals surface area (Å²) >= 11 is 0. The minimum absolute atomic E-state index is 0.0186. The molecule has 0 amide bonds. The van der Waals surface area contributed by atoms with Crippen LogP contribution in [0.2, 0.25) is 0 Å². The molecule has 1 aromatic heterocycles. The summed E-state index contributed by atoms with van der Waals surface area (Å²) in [6, 6.07) is 11.8. The molecule has 1 unspecified atom stereocenters. The Morgan fingerprint density at radius 1 is 1.38 bits per heavy atom. The van der Waals surface area contributed by atoms with Crippen molar-refractivity contribution in [2.75, 3.05) is 13.7 Å². The van der Waals surface area contributed by atoms with E-state index in [2.05, 4.69) is 10.3 Å². The number of aromatic nitrogens is 1. The van der Waals surface area contributed by atoms with Gasteiger partial charge in [-0.1, -0.05) is 12.1 Å². The predicted octanol–water partition coefficient (Wildman–Crippen LogP) is 2.82. The van der Waals surface area contributed by atoms with E-state index in [1.54, 1.807) is 24.4 Å². The molecule has 1 aromatic carbocycles. The molecule has 0 aliphatic heterocycles. The highest BCUT2D eigenvalue weighted by Crippen LogP contribution is 2.19. The van der Waals surface area contributed by atoms with Crippen LogP contribution in [0.5, 0.6) is 5.88 Å². The van der Waals surface area contributed by atoms with Crippen molar-refractivity contribution in [3.63, 3.8) is 0 Å². The third kappa shape index (κ3) is 4.01. The minimum atomic E-state index is -0.259. The van der Waals surface area contributed by atoms with E-state index >= 15 is 0 Å². The monoisotopic (exact) mass is 285 g/mol. The Balaban J connectivity index is 1.97. The highest BCUT2D eigenvalue weighted by Gasteiger charge is 2.11. The number of nitrogens with one attached hydrogen (secondary N) is 1. The maximum absolute atomic E-state index is 13.2. The van der Waals surface area contributed by atoms with Gasteiger partial charge in [0.25, 0.3) is 0 Å². The van der Waals surface area contributed by atoms with Crippen LogP contribution in [0.25, 0.3) is 0 Å². The van der Waals surface area contributed by atoms with Crippen LogP contribution in [-0.4, -0.2) is 18.6 Å². The summed E-state index contributed by atoms with van der Waals surface area (Å²) < 4.78 is 18.8. The van der Waals surface area contributed by atoms with Gasteiger partial charge in [0.15, 0.2) is 0 Å². The maximum Gasteiger partial charge on any atom is 0.231 e. The maximum atomic E-state index is 13.2. The lowest BCUT2D eigenvalue weighted by Gasteiger charge is -2.17. The summed E-state index contributed by atoms with van der Waals surface area (Å²) in [6.07, 6.45) is 2.22. The number of nitriles is 1. The molecule has 1 heterocycles. The molecule has 0 aliphatic carbocycles. The molecular weight excluding hydrogens is 269 g/mol. The van der Waals surface area contributed by atoms with Gasteiger partial charge in [-0.05, 0) is 36.9 Å². The summed E-state index contributed by atoms with van der Waals surface area (Å²) in [5.41, 5.74) is 1.27. The van der Waals surface area contributed by atoms with E-state index in [1.165, 1.54) is 12.1 Å². The van der Waals surface area contributed by atoms with Crippen LogP contribution < -0.4 is 10.1 Å². The highest BCUT2D eigenvalue weighted by molar-refractivity contribution is 5.36. The highest BCUT2D eigenvalue weighted by atomic mass is 19.1. The Labute approximate surface area is 123 Å². The standard InChI is InChI=1S/C16H16FN3O/c1-19-15(12-4-2-6-14(17)10-12)7-9-21-16-13(11-18)5-3-8-20-16/h2-6,8,10,15,19H,7,9H2,1H3. The molecule has 5 heteroatoms. The van der Waals surface area contributed by atoms with Crippen molar-refractivity contribution >= 4 is 0 Å². The van der Waals surface area contributed by atoms with Crippen LogP contribution in [0.1, 0.15) is 23.6 Å². The van der Waals surface area contributed by atoms with Gasteiger partial charge >= 0.3 is 0 Å². The summed E-state index contributed by atoms with van der Waals surface area (Å²) in [4.78, 5) is 4.03. The van der Waals surface area contributed by atoms with E-state index < -0.39 is 0 Å². The zero-order valence-corrected chi connectivity index (χ0v) is 11.7. The zero-order valence-electron chi connectivity index (χ0n) is 11.7. The van der Waals surface area contributed by atoms with Crippen LogP contribution >= 0.6 is 0 Å². The van der Waals surface area contributed by atoms with Gasteiger partial charge in [0.05, 0.1) is 6.61 Å². The third-order valence-corrected chi connectivity index (χ3v) is 3.14. The first-order valence-electron chi connectivity index (χ1n) is 6.65. The van der Waals surface area contributed by atoms with Crippen molar-refractivity contribution in [3.8, 4) is 11.9 Å². The van der Waals surface area contributed by atoms with Crippen molar-refractivity contribution in [3.05, 3.63) is 59.5 Å². The predicted molar refractivity (Wildman–Crippen MR) is 77.3 cm³/mol. The number of pyridine rings is 1. The number of benzene rings is 1. The van der Waals surface area contributed by atoms with Crippen molar-refractivity contribution < 1.29 is 9.13 Å². The van der Waals surface area contributed by atoms with Gasteiger partial charge in [-0.25, -0.2) is 9.37 Å². The largest absolute Gasteiger partial charge is 0.477 e. The van der Waals surface area contributed by atoms with Crippen molar-refractivity contribution in [2.45, 2.75) is 12.5 Å². The second kappa shape index (κ2) is 7.36. The van der Waals surface area contributed by atoms with E-state index in [-0.39, 0.29) is 11.9 Å². The summed E-state index contributed by atoms with van der Waals surface area (Å²) in [5.74, 6) is 0.0688. The molecule has 0 radical (unpaired) electrons. The minimum Gasteiger partial charge on any atom is -0.477 e. The van der Waals surface area contributed by atoms with Crippen LogP contribution in [-0.2, 0) is 0 Å². The van der Waals surface area contributed by atoms with E-state index in [0.717, 1.165) is 5.56 Å². The van der Waals surface area contributed by atoms with Crippen molar-refractivity contribution in [2.24, 2.45) is 0 Å². The zero-order chi connectivity index (χ0) is 15.1. The number of nitrogens with zero attached hydrogens (tertiary/aromatic N) is 2. The van der Waals surface area contributed by atoms with Gasteiger partial charge < -0.3 is 10.1 Å². The molecule has 0 spiro atoms. The molecule has 21 heavy (non-hydrogen) atoms. The van der Waals surface area contributed by atoms with Crippen LogP contribution in [0.15, 0.2) is 42.6 Å². The fraction of sp³-hybridized carbons (Fsp3) is 0.250. The van der Waals surface area contributed by atoms with E-state index in [0.29, 0.717) is 24.5 Å². The van der Waals surface area contributed by atoms with Crippen molar-refractivity contribution in [1.29, 1.82) is 5.26 Å². The van der Waals surface area contributed by atoms with E-state index in [9.17, 15) is 4.39 Å². The number of hydrogen-bond donors (Lipinski definition) is 1. The van der Waals surface area contributed by atoms with E-state index in [1.807, 2.05) is 19.2 Å². The number of hydrogen-bond acceptors (Lipinski definition) is 4. The number of rotatable bonds is 6. The average molecular weight is 285 g/mol. The van der Waals surface area contributed by atoms with Gasteiger partial charge in [-0.3, -0.25) is 0 Å². The molecule has 0 saturated carbocycles. The fourth-order valence-electron chi connectivity index (χ4n) is 2.07. The molecule has 4 nitrogen and oxygen atoms in total. The molecule has 1 N–H and O–H groups in total. The Hall–Kier alpha value is -2.45. The molecule has 0 aliphatic rings. The summed E-state index contributed by atoms with van der Waals surface area (Å²) in [5, 5.41) is 12.1. The first-order chi connectivity index (χ1) is 10.2. The molecule has 108 valence electrons. The average Bonchev–Trinajstić information content (AvgIpc) is 2.52. The molecule has 1 atom stereocenters. The normalized spacial score (nSPS) is 11.7. The Bertz CT molecular complexity index is 639. The van der Waals surface area contributed by atoms with Crippen LogP contribution in [0.4, 0.5) is 4.39 Å². The quantitative estimate of drug-likeness (QED) is 0.886. The molecule has 0 saturated heterocycles. The van der Waals surface area contributed by atoms with Gasteiger partial charge in [-0.2, -0.15) is 5.26 Å². The number of ether oxygens (including phenoxy) is 1. The SMILES string of the molecule is CNC(CCOc1ncccc1C#N)c1cccc(F)c1. The molecule has 2 aromatic rings. The Kier molecular flexibility index (Phi) is 5.24. The molecule has 0 bridgehead atoms. The lowest BCUT2D eigenvalue weighted by atomic mass is 10.0. The van der Waals surface area contributed by atoms with Crippen LogP contribution in [0.3, 0.4) is 0 Å². The Morgan fingerprint density at radius 3 is 2.95 bits per heavy atom. The van der Waals surface area contributed by atoms with Gasteiger partial charge in [0.2, 0.25) is 5.88 Å². The lowest BCUT2D eigenvalue weighted by Crippen LogP contribution is -2.19. The molecular formula is C16H16FN3O. The third-order valence-electron chi connectivity index (χ3n) is 3.14. The lowest BCUT2D eigenvalue weighted by molar-refractivity contribution is 0.279. The summed E-state index contributed by atoms with van der Waals surface area (Å²) in [7, 11) is 1.82. The molecule has 0 fully saturated rings. The Morgan fingerprint density at radius 2 is 2.24 bits per heavy atom. The van der Waals surface area contributed by atoms with Gasteiger partial charge in [-0.15, -0.1) is 0 Å². The topological polar surface area (TPSA) is 57.9 Å². The van der Waals surface area contributed by atoms with Gasteiger partial charge in [0.1, 0.15) is 17.4 Å². The van der Waals surface area contributed by atoms with Crippen molar-refractivity contribution in [1.82, 2.24) is 10.3 Å². The fourth-order valence-corrected chi connectivity index (χ4v) is 2.07. The number of halogens is 1. The summed E-state index contributed by atoms with van der Waals surface area (Å²) in [6.45, 7) is 0.383. The first-order valence-corrected chi connectivity index (χ1v) is 6.65. The van der Waals surface area contributed by atoms with Gasteiger partial charge in [0, 0.05) is 18.7 Å². The van der Waals surface area contributed by atoms with Crippen LogP contribution in [0, 0.1) is 17.1 Å². The van der Waals surface area contributed by atoms with E-state index in [4.69, 9.17) is 10.00 Å². The smallest absolute Gasteiger partial charge is 0.231 e. The second-order valence-electron chi connectivity index (χ2n) is 4.50. The molecule has 2 rings (SSSR count). The second-order valence-corrected chi connectivity index (χ2v) is 4.50.